The number of fused-ring (bicyclic) bond motifs is 2. The topological polar surface area (TPSA) is 74.6 Å². The normalized spacial score (nSPS) is 17.6. The van der Waals surface area contributed by atoms with Gasteiger partial charge in [-0.2, -0.15) is 0 Å². The minimum Gasteiger partial charge on any atom is -0.507 e. The molecule has 0 unspecified atom stereocenters. The predicted molar refractivity (Wildman–Crippen MR) is 64.2 cm³/mol. The summed E-state index contributed by atoms with van der Waals surface area (Å²) < 4.78 is 0. The van der Waals surface area contributed by atoms with Gasteiger partial charge in [0, 0.05) is 24.0 Å². The third-order valence-electron chi connectivity index (χ3n) is 3.61. The van der Waals surface area contributed by atoms with Gasteiger partial charge in [-0.25, -0.2) is 0 Å². The molecule has 3 rings (SSSR count). The van der Waals surface area contributed by atoms with Gasteiger partial charge in [0.1, 0.15) is 11.5 Å². The lowest BCUT2D eigenvalue weighted by Crippen LogP contribution is -2.19. The monoisotopic (exact) mass is 244 g/mol. The van der Waals surface area contributed by atoms with Crippen LogP contribution in [-0.4, -0.2) is 21.8 Å². The number of carbonyl (C=O) groups is 2. The van der Waals surface area contributed by atoms with E-state index >= 15 is 0 Å². The van der Waals surface area contributed by atoms with Gasteiger partial charge in [-0.15, -0.1) is 0 Å². The van der Waals surface area contributed by atoms with Crippen molar-refractivity contribution in [3.8, 4) is 11.5 Å². The Labute approximate surface area is 104 Å². The number of carbonyl (C=O) groups excluding carboxylic acids is 2. The molecule has 0 heterocycles. The van der Waals surface area contributed by atoms with E-state index in [9.17, 15) is 19.8 Å². The van der Waals surface area contributed by atoms with Crippen molar-refractivity contribution in [2.24, 2.45) is 0 Å². The Kier molecular flexibility index (Phi) is 2.26. The highest BCUT2D eigenvalue weighted by Crippen LogP contribution is 2.42. The van der Waals surface area contributed by atoms with Crippen molar-refractivity contribution in [3.63, 3.8) is 0 Å². The summed E-state index contributed by atoms with van der Waals surface area (Å²) in [6.45, 7) is 0. The van der Waals surface area contributed by atoms with Crippen LogP contribution in [0.1, 0.15) is 44.7 Å². The molecule has 0 saturated heterocycles. The predicted octanol–water partition coefficient (Wildman–Crippen LogP) is 1.91. The van der Waals surface area contributed by atoms with Gasteiger partial charge in [0.05, 0.1) is 11.1 Å². The van der Waals surface area contributed by atoms with E-state index in [0.717, 1.165) is 0 Å². The van der Waals surface area contributed by atoms with Crippen molar-refractivity contribution in [1.29, 1.82) is 0 Å². The highest BCUT2D eigenvalue weighted by Gasteiger charge is 2.33. The van der Waals surface area contributed by atoms with Gasteiger partial charge < -0.3 is 10.2 Å². The van der Waals surface area contributed by atoms with Gasteiger partial charge in [-0.3, -0.25) is 9.59 Å². The van der Waals surface area contributed by atoms with Crippen LogP contribution in [0, 0.1) is 0 Å². The number of phenolic OH excluding ortho intramolecular Hbond substituents is 2. The van der Waals surface area contributed by atoms with E-state index in [0.29, 0.717) is 24.0 Å². The maximum absolute atomic E-state index is 11.8. The number of aromatic hydroxyl groups is 2. The number of hydrogen-bond acceptors (Lipinski definition) is 4. The van der Waals surface area contributed by atoms with Crippen molar-refractivity contribution in [2.45, 2.75) is 25.7 Å². The molecule has 0 atom stereocenters. The Hall–Kier alpha value is -2.10. The van der Waals surface area contributed by atoms with Crippen molar-refractivity contribution >= 4 is 11.6 Å². The first-order valence-corrected chi connectivity index (χ1v) is 5.92. The van der Waals surface area contributed by atoms with Crippen LogP contribution in [0.3, 0.4) is 0 Å². The Morgan fingerprint density at radius 1 is 0.778 bits per heavy atom. The minimum absolute atomic E-state index is 0.0119. The molecule has 2 aliphatic rings. The smallest absolute Gasteiger partial charge is 0.167 e. The van der Waals surface area contributed by atoms with E-state index in [1.54, 1.807) is 0 Å². The van der Waals surface area contributed by atoms with Crippen LogP contribution in [0.15, 0.2) is 12.2 Å². The van der Waals surface area contributed by atoms with E-state index in [2.05, 4.69) is 0 Å². The number of Topliss-reactive ketones (excluding diaryl/α,β-unsaturated/α-hetero) is 2. The number of phenols is 2. The second-order valence-corrected chi connectivity index (χ2v) is 4.63. The maximum atomic E-state index is 11.8. The van der Waals surface area contributed by atoms with Crippen LogP contribution in [0.2, 0.25) is 0 Å². The number of ketones is 2. The quantitative estimate of drug-likeness (QED) is 0.540. The highest BCUT2D eigenvalue weighted by atomic mass is 16.3. The van der Waals surface area contributed by atoms with Crippen LogP contribution in [0.25, 0.3) is 0 Å². The number of benzene rings is 1. The summed E-state index contributed by atoms with van der Waals surface area (Å²) >= 11 is 0. The van der Waals surface area contributed by atoms with E-state index in [1.165, 1.54) is 0 Å². The molecule has 92 valence electrons. The standard InChI is InChI=1S/C14H12O4/c15-9-5-6-10(16)12-11(9)13(17)7-3-1-2-4-8(7)14(12)18/h1-2,17-18H,3-6H2. The SMILES string of the molecule is O=C1CCC(=O)c2c(O)c3c(c(O)c21)CC=CC3. The van der Waals surface area contributed by atoms with Crippen molar-refractivity contribution in [3.05, 3.63) is 34.4 Å². The van der Waals surface area contributed by atoms with Crippen molar-refractivity contribution in [2.75, 3.05) is 0 Å². The summed E-state index contributed by atoms with van der Waals surface area (Å²) in [7, 11) is 0. The third kappa shape index (κ3) is 1.32. The van der Waals surface area contributed by atoms with Crippen LogP contribution in [0.5, 0.6) is 11.5 Å². The van der Waals surface area contributed by atoms with Crippen LogP contribution in [-0.2, 0) is 12.8 Å². The first-order chi connectivity index (χ1) is 8.61. The molecule has 1 aromatic carbocycles. The summed E-state index contributed by atoms with van der Waals surface area (Å²) in [5, 5.41) is 20.4. The second kappa shape index (κ2) is 3.70. The van der Waals surface area contributed by atoms with E-state index in [4.69, 9.17) is 0 Å². The molecule has 1 aromatic rings. The first kappa shape index (κ1) is 11.0. The molecule has 2 N–H and O–H groups in total. The Morgan fingerprint density at radius 3 is 1.56 bits per heavy atom. The Balaban J connectivity index is 2.38. The fourth-order valence-electron chi connectivity index (χ4n) is 2.69. The second-order valence-electron chi connectivity index (χ2n) is 4.63. The van der Waals surface area contributed by atoms with E-state index in [1.807, 2.05) is 12.2 Å². The van der Waals surface area contributed by atoms with Crippen molar-refractivity contribution in [1.82, 2.24) is 0 Å². The zero-order valence-corrected chi connectivity index (χ0v) is 9.69. The summed E-state index contributed by atoms with van der Waals surface area (Å²) in [5.41, 5.74) is 1.16. The molecule has 4 heteroatoms. The number of rotatable bonds is 0. The largest absolute Gasteiger partial charge is 0.507 e. The Bertz CT molecular complexity index is 558. The fourth-order valence-corrected chi connectivity index (χ4v) is 2.69. The lowest BCUT2D eigenvalue weighted by molar-refractivity contribution is 0.0884. The fraction of sp³-hybridized carbons (Fsp3) is 0.286. The van der Waals surface area contributed by atoms with E-state index < -0.39 is 0 Å². The zero-order chi connectivity index (χ0) is 12.9. The zero-order valence-electron chi connectivity index (χ0n) is 9.69. The average molecular weight is 244 g/mol. The molecular formula is C14H12O4. The summed E-state index contributed by atoms with van der Waals surface area (Å²) in [4.78, 5) is 23.7. The highest BCUT2D eigenvalue weighted by molar-refractivity contribution is 6.17. The van der Waals surface area contributed by atoms with E-state index in [-0.39, 0.29) is 47.0 Å². The average Bonchev–Trinajstić information content (AvgIpc) is 2.38. The molecule has 0 bridgehead atoms. The van der Waals surface area contributed by atoms with Gasteiger partial charge in [0.2, 0.25) is 0 Å². The molecule has 0 saturated carbocycles. The van der Waals surface area contributed by atoms with Gasteiger partial charge in [0.25, 0.3) is 0 Å². The van der Waals surface area contributed by atoms with Crippen LogP contribution >= 0.6 is 0 Å². The first-order valence-electron chi connectivity index (χ1n) is 5.92. The minimum atomic E-state index is -0.269. The molecule has 0 aliphatic heterocycles. The molecule has 0 spiro atoms. The number of hydrogen-bond donors (Lipinski definition) is 2. The summed E-state index contributed by atoms with van der Waals surface area (Å²) in [6.07, 6.45) is 4.92. The lowest BCUT2D eigenvalue weighted by atomic mass is 9.82. The lowest BCUT2D eigenvalue weighted by Gasteiger charge is -2.23. The summed E-state index contributed by atoms with van der Waals surface area (Å²) in [5.74, 6) is -0.787. The molecule has 18 heavy (non-hydrogen) atoms. The molecule has 2 aliphatic carbocycles. The van der Waals surface area contributed by atoms with Gasteiger partial charge in [-0.05, 0) is 12.8 Å². The molecule has 0 fully saturated rings. The third-order valence-corrected chi connectivity index (χ3v) is 3.61. The van der Waals surface area contributed by atoms with Crippen LogP contribution < -0.4 is 0 Å². The Morgan fingerprint density at radius 2 is 1.17 bits per heavy atom. The van der Waals surface area contributed by atoms with Crippen LogP contribution in [0.4, 0.5) is 0 Å². The molecule has 0 aromatic heterocycles. The van der Waals surface area contributed by atoms with Gasteiger partial charge >= 0.3 is 0 Å². The molecule has 4 nitrogen and oxygen atoms in total. The van der Waals surface area contributed by atoms with Gasteiger partial charge in [-0.1, -0.05) is 12.2 Å². The maximum Gasteiger partial charge on any atom is 0.167 e. The molecule has 0 amide bonds. The molecular weight excluding hydrogens is 232 g/mol. The van der Waals surface area contributed by atoms with Gasteiger partial charge in [0.15, 0.2) is 11.6 Å². The number of allylic oxidation sites excluding steroid dienone is 2. The molecule has 0 radical (unpaired) electrons. The summed E-state index contributed by atoms with van der Waals surface area (Å²) in [6, 6.07) is 0. The van der Waals surface area contributed by atoms with Crippen molar-refractivity contribution < 1.29 is 19.8 Å².